The third-order valence-electron chi connectivity index (χ3n) is 3.32. The molecule has 0 amide bonds. The second-order valence-corrected chi connectivity index (χ2v) is 5.75. The van der Waals surface area contributed by atoms with Crippen molar-refractivity contribution in [3.8, 4) is 10.7 Å². The summed E-state index contributed by atoms with van der Waals surface area (Å²) in [5, 5.41) is 6.51. The Morgan fingerprint density at radius 2 is 1.90 bits per heavy atom. The lowest BCUT2D eigenvalue weighted by Crippen LogP contribution is -2.13. The van der Waals surface area contributed by atoms with Gasteiger partial charge < -0.3 is 5.32 Å². The molecule has 4 heteroatoms. The molecule has 0 unspecified atom stereocenters. The van der Waals surface area contributed by atoms with Gasteiger partial charge in [-0.15, -0.1) is 11.3 Å². The average Bonchev–Trinajstić information content (AvgIpc) is 2.99. The van der Waals surface area contributed by atoms with Crippen molar-refractivity contribution in [2.24, 2.45) is 0 Å². The molecule has 3 rings (SSSR count). The van der Waals surface area contributed by atoms with Crippen molar-refractivity contribution < 1.29 is 0 Å². The Kier molecular flexibility index (Phi) is 4.38. The average molecular weight is 295 g/mol. The lowest BCUT2D eigenvalue weighted by atomic mass is 10.1. The number of aryl methyl sites for hydroxylation is 1. The number of pyridine rings is 1. The minimum atomic E-state index is 0.775. The normalized spacial score (nSPS) is 10.7. The zero-order valence-electron chi connectivity index (χ0n) is 11.9. The molecular formula is C17H17N3S. The zero-order chi connectivity index (χ0) is 14.5. The van der Waals surface area contributed by atoms with Crippen LogP contribution in [0, 0.1) is 6.92 Å². The van der Waals surface area contributed by atoms with Crippen LogP contribution in [0.15, 0.2) is 54.0 Å². The summed E-state index contributed by atoms with van der Waals surface area (Å²) in [6.45, 7) is 3.78. The maximum atomic E-state index is 4.63. The summed E-state index contributed by atoms with van der Waals surface area (Å²) >= 11 is 1.64. The van der Waals surface area contributed by atoms with Crippen molar-refractivity contribution in [3.63, 3.8) is 0 Å². The quantitative estimate of drug-likeness (QED) is 0.778. The number of nitrogens with zero attached hydrogens (tertiary/aromatic N) is 2. The van der Waals surface area contributed by atoms with Crippen LogP contribution in [0.2, 0.25) is 0 Å². The molecule has 0 aliphatic heterocycles. The Hall–Kier alpha value is -2.04. The Morgan fingerprint density at radius 1 is 1.05 bits per heavy atom. The van der Waals surface area contributed by atoms with Gasteiger partial charge in [0.2, 0.25) is 0 Å². The molecule has 0 radical (unpaired) electrons. The molecule has 3 nitrogen and oxygen atoms in total. The molecule has 2 aromatic heterocycles. The number of aromatic nitrogens is 2. The van der Waals surface area contributed by atoms with Crippen LogP contribution < -0.4 is 5.32 Å². The Bertz CT molecular complexity index is 707. The van der Waals surface area contributed by atoms with Gasteiger partial charge in [-0.1, -0.05) is 30.3 Å². The van der Waals surface area contributed by atoms with Gasteiger partial charge in [0.25, 0.3) is 0 Å². The molecule has 0 aliphatic carbocycles. The lowest BCUT2D eigenvalue weighted by Gasteiger charge is -2.06. The summed E-state index contributed by atoms with van der Waals surface area (Å²) < 4.78 is 0. The molecular weight excluding hydrogens is 278 g/mol. The third kappa shape index (κ3) is 3.54. The molecule has 0 saturated heterocycles. The van der Waals surface area contributed by atoms with E-state index >= 15 is 0 Å². The van der Waals surface area contributed by atoms with Gasteiger partial charge in [0, 0.05) is 24.7 Å². The van der Waals surface area contributed by atoms with Gasteiger partial charge in [-0.3, -0.25) is 4.98 Å². The number of hydrogen-bond donors (Lipinski definition) is 1. The van der Waals surface area contributed by atoms with Crippen molar-refractivity contribution >= 4 is 11.3 Å². The number of thiazole rings is 1. The topological polar surface area (TPSA) is 37.8 Å². The predicted octanol–water partition coefficient (Wildman–Crippen LogP) is 3.80. The van der Waals surface area contributed by atoms with E-state index < -0.39 is 0 Å². The minimum absolute atomic E-state index is 0.775. The van der Waals surface area contributed by atoms with Crippen molar-refractivity contribution in [1.82, 2.24) is 15.3 Å². The molecule has 3 aromatic rings. The van der Waals surface area contributed by atoms with Gasteiger partial charge >= 0.3 is 0 Å². The van der Waals surface area contributed by atoms with E-state index in [0.29, 0.717) is 0 Å². The van der Waals surface area contributed by atoms with Crippen LogP contribution in [-0.2, 0) is 13.1 Å². The third-order valence-corrected chi connectivity index (χ3v) is 4.23. The van der Waals surface area contributed by atoms with Gasteiger partial charge in [0.05, 0.1) is 11.4 Å². The fraction of sp³-hybridized carbons (Fsp3) is 0.176. The second-order valence-electron chi connectivity index (χ2n) is 4.89. The lowest BCUT2D eigenvalue weighted by molar-refractivity contribution is 0.680. The van der Waals surface area contributed by atoms with E-state index in [-0.39, 0.29) is 0 Å². The van der Waals surface area contributed by atoms with Gasteiger partial charge in [-0.05, 0) is 30.2 Å². The standard InChI is InChI=1S/C17H17N3S/c1-13-6-2-3-7-14(13)10-18-11-15-12-21-17(20-15)16-8-4-5-9-19-16/h2-9,12,18H,10-11H2,1H3. The zero-order valence-corrected chi connectivity index (χ0v) is 12.7. The van der Waals surface area contributed by atoms with Crippen LogP contribution in [0.25, 0.3) is 10.7 Å². The minimum Gasteiger partial charge on any atom is -0.307 e. The summed E-state index contributed by atoms with van der Waals surface area (Å²) in [6, 6.07) is 14.3. The molecule has 0 aliphatic rings. The fourth-order valence-electron chi connectivity index (χ4n) is 2.13. The van der Waals surface area contributed by atoms with Crippen molar-refractivity contribution in [1.29, 1.82) is 0 Å². The van der Waals surface area contributed by atoms with Crippen LogP contribution in [0.3, 0.4) is 0 Å². The monoisotopic (exact) mass is 295 g/mol. The Labute approximate surface area is 128 Å². The summed E-state index contributed by atoms with van der Waals surface area (Å²) in [6.07, 6.45) is 1.80. The molecule has 0 atom stereocenters. The fourth-order valence-corrected chi connectivity index (χ4v) is 2.92. The van der Waals surface area contributed by atoms with Crippen LogP contribution in [0.4, 0.5) is 0 Å². The van der Waals surface area contributed by atoms with Crippen LogP contribution in [0.1, 0.15) is 16.8 Å². The molecule has 106 valence electrons. The molecule has 0 spiro atoms. The summed E-state index contributed by atoms with van der Waals surface area (Å²) in [5.74, 6) is 0. The van der Waals surface area contributed by atoms with E-state index in [1.165, 1.54) is 11.1 Å². The van der Waals surface area contributed by atoms with Crippen LogP contribution >= 0.6 is 11.3 Å². The molecule has 1 aromatic carbocycles. The van der Waals surface area contributed by atoms with E-state index in [9.17, 15) is 0 Å². The smallest absolute Gasteiger partial charge is 0.142 e. The molecule has 2 heterocycles. The highest BCUT2D eigenvalue weighted by Gasteiger charge is 2.05. The number of benzene rings is 1. The highest BCUT2D eigenvalue weighted by Crippen LogP contribution is 2.21. The first-order valence-corrected chi connectivity index (χ1v) is 7.82. The van der Waals surface area contributed by atoms with Crippen LogP contribution in [0.5, 0.6) is 0 Å². The maximum absolute atomic E-state index is 4.63. The first-order chi connectivity index (χ1) is 10.3. The number of nitrogens with one attached hydrogen (secondary N) is 1. The van der Waals surface area contributed by atoms with Gasteiger partial charge in [-0.25, -0.2) is 4.98 Å². The molecule has 0 fully saturated rings. The Morgan fingerprint density at radius 3 is 2.71 bits per heavy atom. The van der Waals surface area contributed by atoms with E-state index in [1.54, 1.807) is 17.5 Å². The van der Waals surface area contributed by atoms with Gasteiger partial charge in [0.15, 0.2) is 0 Å². The van der Waals surface area contributed by atoms with E-state index in [1.807, 2.05) is 18.2 Å². The van der Waals surface area contributed by atoms with Gasteiger partial charge in [-0.2, -0.15) is 0 Å². The van der Waals surface area contributed by atoms with E-state index in [4.69, 9.17) is 0 Å². The molecule has 0 bridgehead atoms. The van der Waals surface area contributed by atoms with E-state index in [0.717, 1.165) is 29.5 Å². The predicted molar refractivity (Wildman–Crippen MR) is 87.1 cm³/mol. The first-order valence-electron chi connectivity index (χ1n) is 6.94. The largest absolute Gasteiger partial charge is 0.307 e. The second kappa shape index (κ2) is 6.61. The summed E-state index contributed by atoms with van der Waals surface area (Å²) in [7, 11) is 0. The number of rotatable bonds is 5. The number of hydrogen-bond acceptors (Lipinski definition) is 4. The van der Waals surface area contributed by atoms with Crippen molar-refractivity contribution in [3.05, 3.63) is 70.9 Å². The van der Waals surface area contributed by atoms with Gasteiger partial charge in [0.1, 0.15) is 5.01 Å². The summed E-state index contributed by atoms with van der Waals surface area (Å²) in [4.78, 5) is 8.96. The summed E-state index contributed by atoms with van der Waals surface area (Å²) in [5.41, 5.74) is 4.65. The molecule has 0 saturated carbocycles. The highest BCUT2D eigenvalue weighted by molar-refractivity contribution is 7.13. The first kappa shape index (κ1) is 13.9. The van der Waals surface area contributed by atoms with Crippen molar-refractivity contribution in [2.75, 3.05) is 0 Å². The Balaban J connectivity index is 1.60. The SMILES string of the molecule is Cc1ccccc1CNCc1csc(-c2ccccn2)n1. The van der Waals surface area contributed by atoms with E-state index in [2.05, 4.69) is 51.9 Å². The maximum Gasteiger partial charge on any atom is 0.142 e. The highest BCUT2D eigenvalue weighted by atomic mass is 32.1. The van der Waals surface area contributed by atoms with Crippen LogP contribution in [-0.4, -0.2) is 9.97 Å². The molecule has 1 N–H and O–H groups in total. The molecule has 21 heavy (non-hydrogen) atoms. The van der Waals surface area contributed by atoms with Crippen molar-refractivity contribution in [2.45, 2.75) is 20.0 Å².